The van der Waals surface area contributed by atoms with Gasteiger partial charge in [0, 0.05) is 55.5 Å². The van der Waals surface area contributed by atoms with Gasteiger partial charge in [-0.3, -0.25) is 39.0 Å². The van der Waals surface area contributed by atoms with Gasteiger partial charge in [0.1, 0.15) is 29.8 Å². The van der Waals surface area contributed by atoms with Crippen molar-refractivity contribution in [2.75, 3.05) is 25.0 Å². The van der Waals surface area contributed by atoms with Crippen LogP contribution in [-0.2, 0) is 27.5 Å². The van der Waals surface area contributed by atoms with Gasteiger partial charge >= 0.3 is 0 Å². The zero-order valence-electron chi connectivity index (χ0n) is 31.2. The Hall–Kier alpha value is -5.92. The number of imide groups is 2. The quantitative estimate of drug-likeness (QED) is 0.163. The highest BCUT2D eigenvalue weighted by molar-refractivity contribution is 6.31. The summed E-state index contributed by atoms with van der Waals surface area (Å²) in [6, 6.07) is 12.2. The molecule has 2 aromatic carbocycles. The molecular weight excluding hydrogens is 742 g/mol. The first-order chi connectivity index (χ1) is 26.6. The first-order valence-corrected chi connectivity index (χ1v) is 18.6. The average molecular weight is 782 g/mol. The van der Waals surface area contributed by atoms with Gasteiger partial charge in [0.25, 0.3) is 17.7 Å². The fourth-order valence-corrected chi connectivity index (χ4v) is 8.69. The van der Waals surface area contributed by atoms with E-state index in [2.05, 4.69) is 31.5 Å². The molecule has 16 nitrogen and oxygen atoms in total. The van der Waals surface area contributed by atoms with E-state index in [1.165, 1.54) is 0 Å². The number of anilines is 1. The number of amides is 6. The Labute approximate surface area is 327 Å². The molecule has 1 atom stereocenters. The van der Waals surface area contributed by atoms with E-state index in [9.17, 15) is 28.8 Å². The number of carbonyl (C=O) groups is 6. The van der Waals surface area contributed by atoms with Gasteiger partial charge in [-0.1, -0.05) is 39.3 Å². The van der Waals surface area contributed by atoms with E-state index in [4.69, 9.17) is 21.6 Å². The number of nitriles is 1. The van der Waals surface area contributed by atoms with E-state index in [1.54, 1.807) is 47.4 Å². The molecule has 4 heterocycles. The molecule has 0 spiro atoms. The number of nitrogens with zero attached hydrogens (tertiary/aromatic N) is 5. The molecule has 0 bridgehead atoms. The van der Waals surface area contributed by atoms with Gasteiger partial charge in [0.15, 0.2) is 5.69 Å². The Morgan fingerprint density at radius 1 is 0.964 bits per heavy atom. The van der Waals surface area contributed by atoms with Crippen molar-refractivity contribution in [3.05, 3.63) is 81.0 Å². The summed E-state index contributed by atoms with van der Waals surface area (Å²) in [4.78, 5) is 79.1. The highest BCUT2D eigenvalue weighted by Gasteiger charge is 2.64. The Balaban J connectivity index is 0.845. The summed E-state index contributed by atoms with van der Waals surface area (Å²) in [5.74, 6) is -1.79. The van der Waals surface area contributed by atoms with Crippen molar-refractivity contribution in [1.82, 2.24) is 35.9 Å². The van der Waals surface area contributed by atoms with E-state index in [1.807, 2.05) is 33.8 Å². The first-order valence-electron chi connectivity index (χ1n) is 18.2. The molecule has 2 fully saturated rings. The van der Waals surface area contributed by atoms with E-state index < -0.39 is 40.5 Å². The Bertz CT molecular complexity index is 2160. The second-order valence-corrected chi connectivity index (χ2v) is 16.0. The summed E-state index contributed by atoms with van der Waals surface area (Å²) in [7, 11) is 0. The van der Waals surface area contributed by atoms with E-state index in [0.717, 1.165) is 16.0 Å². The van der Waals surface area contributed by atoms with Crippen LogP contribution in [0.25, 0.3) is 0 Å². The summed E-state index contributed by atoms with van der Waals surface area (Å²) >= 11 is 6.20. The fourth-order valence-electron chi connectivity index (χ4n) is 8.48. The van der Waals surface area contributed by atoms with Crippen molar-refractivity contribution in [3.63, 3.8) is 0 Å². The molecule has 0 radical (unpaired) electrons. The molecule has 4 N–H and O–H groups in total. The van der Waals surface area contributed by atoms with Crippen LogP contribution in [0.5, 0.6) is 5.75 Å². The van der Waals surface area contributed by atoms with Crippen LogP contribution in [0.15, 0.2) is 42.5 Å². The average Bonchev–Trinajstić information content (AvgIpc) is 3.69. The maximum absolute atomic E-state index is 13.2. The van der Waals surface area contributed by atoms with Gasteiger partial charge in [-0.15, -0.1) is 10.2 Å². The molecule has 1 aliphatic carbocycles. The van der Waals surface area contributed by atoms with Crippen LogP contribution in [0.4, 0.5) is 5.82 Å². The lowest BCUT2D eigenvalue weighted by molar-refractivity contribution is -0.164. The molecule has 1 unspecified atom stereocenters. The van der Waals surface area contributed by atoms with Crippen molar-refractivity contribution in [2.45, 2.75) is 71.8 Å². The molecule has 3 aliphatic heterocycles. The standard InChI is InChI=1S/C39H40ClN9O7/c1-38(2)36(39(3,4)37(38)56-23-6-5-20(16-41)26(40)15-23)45-32(52)27-7-9-29(47-46-27)43-12-11-42-17-31(51)48-18-21-13-24-25(14-22(21)19-48)35(55)49(34(24)54)28-8-10-30(50)44-33(28)53/h5-7,9,13-15,28,36-37,42H,8,10-12,17-19H2,1-4H3,(H,43,47)(H,45,52)(H,44,50,53)/t28?,36-,37-. The largest absolute Gasteiger partial charge is 0.489 e. The number of halogens is 1. The molecule has 1 saturated carbocycles. The lowest BCUT2D eigenvalue weighted by Gasteiger charge is -2.63. The van der Waals surface area contributed by atoms with Gasteiger partial charge in [-0.05, 0) is 53.9 Å². The minimum Gasteiger partial charge on any atom is -0.489 e. The maximum atomic E-state index is 13.2. The van der Waals surface area contributed by atoms with Crippen LogP contribution in [0.2, 0.25) is 5.02 Å². The number of piperidine rings is 1. The smallest absolute Gasteiger partial charge is 0.272 e. The summed E-state index contributed by atoms with van der Waals surface area (Å²) in [6.07, 6.45) is -0.129. The second-order valence-electron chi connectivity index (χ2n) is 15.6. The van der Waals surface area contributed by atoms with Gasteiger partial charge in [-0.2, -0.15) is 5.26 Å². The van der Waals surface area contributed by atoms with Crippen LogP contribution in [0.1, 0.15) is 88.4 Å². The lowest BCUT2D eigenvalue weighted by Crippen LogP contribution is -2.74. The Kier molecular flexibility index (Phi) is 10.0. The SMILES string of the molecule is CC1(C)[C@H](NC(=O)c2ccc(NCCNCC(=O)N3Cc4cc5c(cc4C3)C(=O)N(C3CCC(=O)NC3=O)C5=O)nn2)C(C)(C)[C@H]1Oc1ccc(C#N)c(Cl)c1. The molecule has 1 saturated heterocycles. The number of nitrogens with one attached hydrogen (secondary N) is 4. The highest BCUT2D eigenvalue weighted by atomic mass is 35.5. The van der Waals surface area contributed by atoms with Crippen LogP contribution < -0.4 is 26.0 Å². The second kappa shape index (κ2) is 14.6. The van der Waals surface area contributed by atoms with E-state index in [0.29, 0.717) is 35.2 Å². The molecule has 290 valence electrons. The summed E-state index contributed by atoms with van der Waals surface area (Å²) in [5, 5.41) is 29.2. The Morgan fingerprint density at radius 2 is 1.64 bits per heavy atom. The van der Waals surface area contributed by atoms with Crippen molar-refractivity contribution in [1.29, 1.82) is 5.26 Å². The lowest BCUT2D eigenvalue weighted by atomic mass is 9.49. The molecule has 1 aromatic heterocycles. The minimum absolute atomic E-state index is 0.0428. The molecule has 17 heteroatoms. The number of hydrogen-bond donors (Lipinski definition) is 4. The van der Waals surface area contributed by atoms with Crippen LogP contribution in [0, 0.1) is 22.2 Å². The number of aromatic nitrogens is 2. The molecule has 7 rings (SSSR count). The third-order valence-electron chi connectivity index (χ3n) is 11.0. The van der Waals surface area contributed by atoms with Crippen molar-refractivity contribution in [3.8, 4) is 11.8 Å². The predicted molar refractivity (Wildman–Crippen MR) is 200 cm³/mol. The van der Waals surface area contributed by atoms with Crippen molar-refractivity contribution >= 4 is 52.9 Å². The number of benzene rings is 2. The molecule has 6 amide bonds. The number of fused-ring (bicyclic) bond motifs is 2. The molecule has 3 aromatic rings. The van der Waals surface area contributed by atoms with Gasteiger partial charge in [0.2, 0.25) is 17.7 Å². The van der Waals surface area contributed by atoms with Gasteiger partial charge < -0.3 is 25.6 Å². The predicted octanol–water partition coefficient (Wildman–Crippen LogP) is 2.56. The van der Waals surface area contributed by atoms with Gasteiger partial charge in [0.05, 0.1) is 28.3 Å². The van der Waals surface area contributed by atoms with Crippen molar-refractivity contribution in [2.24, 2.45) is 10.8 Å². The zero-order valence-corrected chi connectivity index (χ0v) is 32.0. The van der Waals surface area contributed by atoms with Crippen molar-refractivity contribution < 1.29 is 33.5 Å². The van der Waals surface area contributed by atoms with E-state index in [-0.39, 0.29) is 73.3 Å². The third kappa shape index (κ3) is 6.92. The van der Waals surface area contributed by atoms with E-state index >= 15 is 0 Å². The number of carbonyl (C=O) groups excluding carboxylic acids is 6. The maximum Gasteiger partial charge on any atom is 0.272 e. The van der Waals surface area contributed by atoms with Crippen LogP contribution in [-0.4, -0.2) is 93.3 Å². The normalized spacial score (nSPS) is 21.8. The zero-order chi connectivity index (χ0) is 40.1. The molecular formula is C39H40ClN9O7. The van der Waals surface area contributed by atoms with Gasteiger partial charge in [-0.25, -0.2) is 0 Å². The van der Waals surface area contributed by atoms with Crippen LogP contribution in [0.3, 0.4) is 0 Å². The number of hydrogen-bond acceptors (Lipinski definition) is 12. The monoisotopic (exact) mass is 781 g/mol. The third-order valence-corrected chi connectivity index (χ3v) is 11.4. The fraction of sp³-hybridized carbons (Fsp3) is 0.410. The summed E-state index contributed by atoms with van der Waals surface area (Å²) in [6.45, 7) is 9.51. The Morgan fingerprint density at radius 3 is 2.23 bits per heavy atom. The number of ether oxygens (including phenoxy) is 1. The topological polar surface area (TPSA) is 216 Å². The first kappa shape index (κ1) is 38.4. The minimum atomic E-state index is -1.04. The summed E-state index contributed by atoms with van der Waals surface area (Å²) in [5.41, 5.74) is 1.53. The highest BCUT2D eigenvalue weighted by Crippen LogP contribution is 2.55. The molecule has 56 heavy (non-hydrogen) atoms. The van der Waals surface area contributed by atoms with Crippen LogP contribution >= 0.6 is 11.6 Å². The number of rotatable bonds is 11. The summed E-state index contributed by atoms with van der Waals surface area (Å²) < 4.78 is 6.30. The molecule has 4 aliphatic rings.